The first-order valence-electron chi connectivity index (χ1n) is 5.99. The summed E-state index contributed by atoms with van der Waals surface area (Å²) in [7, 11) is 0. The number of anilines is 1. The number of benzene rings is 1. The molecular formula is C12H15N5S. The van der Waals surface area contributed by atoms with Crippen molar-refractivity contribution in [3.63, 3.8) is 0 Å². The van der Waals surface area contributed by atoms with Gasteiger partial charge in [0.25, 0.3) is 0 Å². The molecule has 0 saturated heterocycles. The molecule has 1 saturated carbocycles. The molecule has 18 heavy (non-hydrogen) atoms. The number of nitrogen functional groups attached to an aromatic ring is 1. The van der Waals surface area contributed by atoms with Gasteiger partial charge in [0.2, 0.25) is 0 Å². The zero-order valence-electron chi connectivity index (χ0n) is 10.2. The molecule has 0 atom stereocenters. The first-order valence-corrected chi connectivity index (χ1v) is 6.98. The van der Waals surface area contributed by atoms with E-state index in [0.29, 0.717) is 6.04 Å². The van der Waals surface area contributed by atoms with E-state index in [-0.39, 0.29) is 0 Å². The van der Waals surface area contributed by atoms with E-state index in [9.17, 15) is 0 Å². The van der Waals surface area contributed by atoms with Gasteiger partial charge in [-0.25, -0.2) is 4.68 Å². The van der Waals surface area contributed by atoms with Crippen LogP contribution in [0.2, 0.25) is 0 Å². The van der Waals surface area contributed by atoms with Gasteiger partial charge in [-0.15, -0.1) is 16.9 Å². The van der Waals surface area contributed by atoms with Crippen molar-refractivity contribution in [2.24, 2.45) is 0 Å². The molecule has 94 valence electrons. The smallest absolute Gasteiger partial charge is 0.161 e. The Kier molecular flexibility index (Phi) is 2.95. The number of rotatable bonds is 4. The Hall–Kier alpha value is -1.56. The summed E-state index contributed by atoms with van der Waals surface area (Å²) >= 11 is 1.75. The van der Waals surface area contributed by atoms with Crippen LogP contribution in [0.1, 0.15) is 30.3 Å². The largest absolute Gasteiger partial charge is 0.399 e. The van der Waals surface area contributed by atoms with Crippen molar-refractivity contribution in [1.29, 1.82) is 0 Å². The molecule has 1 aliphatic rings. The normalized spacial score (nSPS) is 14.9. The summed E-state index contributed by atoms with van der Waals surface area (Å²) in [5.41, 5.74) is 7.75. The summed E-state index contributed by atoms with van der Waals surface area (Å²) in [5, 5.41) is 11.9. The molecule has 1 aromatic heterocycles. The molecule has 0 unspecified atom stereocenters. The van der Waals surface area contributed by atoms with Gasteiger partial charge in [0.1, 0.15) is 0 Å². The lowest BCUT2D eigenvalue weighted by atomic mass is 10.2. The number of hydrogen-bond donors (Lipinski definition) is 1. The average Bonchev–Trinajstić information content (AvgIpc) is 3.08. The molecule has 0 radical (unpaired) electrons. The van der Waals surface area contributed by atoms with Crippen molar-refractivity contribution < 1.29 is 0 Å². The summed E-state index contributed by atoms with van der Waals surface area (Å²) in [6, 6.07) is 6.51. The second kappa shape index (κ2) is 4.61. The second-order valence-electron chi connectivity index (χ2n) is 4.58. The minimum Gasteiger partial charge on any atom is -0.399 e. The quantitative estimate of drug-likeness (QED) is 0.675. The molecule has 1 aromatic carbocycles. The van der Waals surface area contributed by atoms with Crippen molar-refractivity contribution in [2.45, 2.75) is 36.5 Å². The summed E-state index contributed by atoms with van der Waals surface area (Å²) in [4.78, 5) is 1.23. The monoisotopic (exact) mass is 261 g/mol. The lowest BCUT2D eigenvalue weighted by Crippen LogP contribution is -2.02. The molecule has 0 bridgehead atoms. The van der Waals surface area contributed by atoms with Gasteiger partial charge in [-0.1, -0.05) is 0 Å². The van der Waals surface area contributed by atoms with E-state index in [1.807, 2.05) is 16.8 Å². The van der Waals surface area contributed by atoms with Crippen LogP contribution in [0, 0.1) is 6.92 Å². The number of nitrogens with zero attached hydrogens (tertiary/aromatic N) is 4. The fourth-order valence-electron chi connectivity index (χ4n) is 1.89. The predicted molar refractivity (Wildman–Crippen MR) is 71.2 cm³/mol. The van der Waals surface area contributed by atoms with Crippen LogP contribution in [-0.2, 0) is 5.75 Å². The summed E-state index contributed by atoms with van der Waals surface area (Å²) in [6.07, 6.45) is 2.40. The third kappa shape index (κ3) is 2.33. The Labute approximate surface area is 110 Å². The first-order chi connectivity index (χ1) is 8.74. The van der Waals surface area contributed by atoms with Crippen molar-refractivity contribution in [1.82, 2.24) is 20.2 Å². The van der Waals surface area contributed by atoms with Gasteiger partial charge in [-0.2, -0.15) is 0 Å². The van der Waals surface area contributed by atoms with Crippen LogP contribution in [-0.4, -0.2) is 20.2 Å². The van der Waals surface area contributed by atoms with Crippen molar-refractivity contribution in [3.05, 3.63) is 29.6 Å². The predicted octanol–water partition coefficient (Wildman–Crippen LogP) is 2.19. The molecule has 0 aliphatic heterocycles. The second-order valence-corrected chi connectivity index (χ2v) is 5.60. The standard InChI is InChI=1S/C12H15N5S/c1-8-6-9(13)2-5-11(8)18-7-12-14-15-16-17(12)10-3-4-10/h2,5-6,10H,3-4,7,13H2,1H3. The third-order valence-electron chi connectivity index (χ3n) is 3.01. The highest BCUT2D eigenvalue weighted by molar-refractivity contribution is 7.98. The van der Waals surface area contributed by atoms with E-state index in [1.165, 1.54) is 23.3 Å². The molecule has 0 spiro atoms. The Bertz CT molecular complexity index is 561. The van der Waals surface area contributed by atoms with Gasteiger partial charge < -0.3 is 5.73 Å². The molecule has 2 aromatic rings. The highest BCUT2D eigenvalue weighted by Gasteiger charge is 2.27. The number of tetrazole rings is 1. The molecule has 1 aliphatic carbocycles. The van der Waals surface area contributed by atoms with E-state index in [4.69, 9.17) is 5.73 Å². The fourth-order valence-corrected chi connectivity index (χ4v) is 2.81. The maximum atomic E-state index is 5.74. The lowest BCUT2D eigenvalue weighted by Gasteiger charge is -2.06. The minimum atomic E-state index is 0.531. The van der Waals surface area contributed by atoms with Gasteiger partial charge in [-0.3, -0.25) is 0 Å². The number of thioether (sulfide) groups is 1. The van der Waals surface area contributed by atoms with E-state index >= 15 is 0 Å². The van der Waals surface area contributed by atoms with E-state index in [2.05, 4.69) is 28.5 Å². The highest BCUT2D eigenvalue weighted by Crippen LogP contribution is 2.35. The molecule has 2 N–H and O–H groups in total. The van der Waals surface area contributed by atoms with Gasteiger partial charge in [0, 0.05) is 10.6 Å². The van der Waals surface area contributed by atoms with Crippen LogP contribution in [0.15, 0.2) is 23.1 Å². The molecule has 6 heteroatoms. The molecule has 1 heterocycles. The van der Waals surface area contributed by atoms with E-state index in [1.54, 1.807) is 11.8 Å². The maximum Gasteiger partial charge on any atom is 0.161 e. The van der Waals surface area contributed by atoms with Crippen molar-refractivity contribution in [2.75, 3.05) is 5.73 Å². The average molecular weight is 261 g/mol. The summed E-state index contributed by atoms with van der Waals surface area (Å²) < 4.78 is 1.96. The minimum absolute atomic E-state index is 0.531. The van der Waals surface area contributed by atoms with Crippen molar-refractivity contribution in [3.8, 4) is 0 Å². The molecule has 3 rings (SSSR count). The first kappa shape index (κ1) is 11.5. The zero-order chi connectivity index (χ0) is 12.5. The van der Waals surface area contributed by atoms with E-state index in [0.717, 1.165) is 17.3 Å². The van der Waals surface area contributed by atoms with Gasteiger partial charge in [0.15, 0.2) is 5.82 Å². The summed E-state index contributed by atoms with van der Waals surface area (Å²) in [6.45, 7) is 2.07. The van der Waals surface area contributed by atoms with Crippen LogP contribution < -0.4 is 5.73 Å². The molecule has 5 nitrogen and oxygen atoms in total. The Morgan fingerprint density at radius 3 is 3.00 bits per heavy atom. The number of hydrogen-bond acceptors (Lipinski definition) is 5. The van der Waals surface area contributed by atoms with Crippen LogP contribution in [0.4, 0.5) is 5.69 Å². The molecule has 1 fully saturated rings. The zero-order valence-corrected chi connectivity index (χ0v) is 11.0. The summed E-state index contributed by atoms with van der Waals surface area (Å²) in [5.74, 6) is 1.76. The van der Waals surface area contributed by atoms with Crippen LogP contribution >= 0.6 is 11.8 Å². The molecule has 0 amide bonds. The number of nitrogens with two attached hydrogens (primary N) is 1. The van der Waals surface area contributed by atoms with Crippen LogP contribution in [0.3, 0.4) is 0 Å². The number of aryl methyl sites for hydroxylation is 1. The topological polar surface area (TPSA) is 69.6 Å². The van der Waals surface area contributed by atoms with Gasteiger partial charge in [0.05, 0.1) is 11.8 Å². The Balaban J connectivity index is 1.71. The van der Waals surface area contributed by atoms with Crippen LogP contribution in [0.25, 0.3) is 0 Å². The maximum absolute atomic E-state index is 5.74. The van der Waals surface area contributed by atoms with Gasteiger partial charge >= 0.3 is 0 Å². The van der Waals surface area contributed by atoms with Crippen LogP contribution in [0.5, 0.6) is 0 Å². The van der Waals surface area contributed by atoms with E-state index < -0.39 is 0 Å². The van der Waals surface area contributed by atoms with Crippen molar-refractivity contribution >= 4 is 17.4 Å². The lowest BCUT2D eigenvalue weighted by molar-refractivity contribution is 0.593. The Morgan fingerprint density at radius 2 is 2.28 bits per heavy atom. The molecular weight excluding hydrogens is 246 g/mol. The SMILES string of the molecule is Cc1cc(N)ccc1SCc1nnnn1C1CC1. The Morgan fingerprint density at radius 1 is 1.44 bits per heavy atom. The fraction of sp³-hybridized carbons (Fsp3) is 0.417. The van der Waals surface area contributed by atoms with Gasteiger partial charge in [-0.05, 0) is 54.0 Å². The third-order valence-corrected chi connectivity index (χ3v) is 4.18. The number of aromatic nitrogens is 4. The highest BCUT2D eigenvalue weighted by atomic mass is 32.2.